The number of hydrogen-bond donors (Lipinski definition) is 0. The van der Waals surface area contributed by atoms with Gasteiger partial charge in [0.2, 0.25) is 5.88 Å². The molecule has 2 rings (SSSR count). The van der Waals surface area contributed by atoms with E-state index in [1.807, 2.05) is 0 Å². The molecular weight excluding hydrogens is 262 g/mol. The second-order valence-electron chi connectivity index (χ2n) is 3.95. The molecule has 0 spiro atoms. The Morgan fingerprint density at radius 2 is 2.20 bits per heavy atom. The molecule has 0 aliphatic carbocycles. The van der Waals surface area contributed by atoms with Crippen LogP contribution in [0.2, 0.25) is 0 Å². The second kappa shape index (κ2) is 5.96. The molecular formula is C13H13N3O4. The Morgan fingerprint density at radius 3 is 2.85 bits per heavy atom. The van der Waals surface area contributed by atoms with Gasteiger partial charge in [-0.05, 0) is 6.07 Å². The second-order valence-corrected chi connectivity index (χ2v) is 3.95. The quantitative estimate of drug-likeness (QED) is 0.596. The number of pyridine rings is 1. The van der Waals surface area contributed by atoms with Crippen LogP contribution in [0.15, 0.2) is 24.8 Å². The van der Waals surface area contributed by atoms with Crippen molar-refractivity contribution in [2.24, 2.45) is 0 Å². The number of imidazole rings is 1. The van der Waals surface area contributed by atoms with Gasteiger partial charge in [0.15, 0.2) is 6.29 Å². The van der Waals surface area contributed by atoms with E-state index < -0.39 is 5.97 Å². The van der Waals surface area contributed by atoms with Crippen LogP contribution >= 0.6 is 0 Å². The molecule has 0 N–H and O–H groups in total. The lowest BCUT2D eigenvalue weighted by Crippen LogP contribution is -2.08. The Kier molecular flexibility index (Phi) is 4.09. The first-order valence-electron chi connectivity index (χ1n) is 5.76. The van der Waals surface area contributed by atoms with Crippen LogP contribution in [-0.4, -0.2) is 41.0 Å². The number of carbonyl (C=O) groups is 2. The monoisotopic (exact) mass is 275 g/mol. The third-order valence-corrected chi connectivity index (χ3v) is 2.75. The molecule has 0 aliphatic heterocycles. The van der Waals surface area contributed by atoms with Gasteiger partial charge in [-0.2, -0.15) is 0 Å². The molecule has 0 aliphatic rings. The van der Waals surface area contributed by atoms with Gasteiger partial charge in [0.25, 0.3) is 0 Å². The van der Waals surface area contributed by atoms with E-state index in [4.69, 9.17) is 4.74 Å². The molecule has 2 aromatic heterocycles. The molecule has 0 bridgehead atoms. The summed E-state index contributed by atoms with van der Waals surface area (Å²) >= 11 is 0. The van der Waals surface area contributed by atoms with E-state index in [1.165, 1.54) is 32.9 Å². The summed E-state index contributed by atoms with van der Waals surface area (Å²) in [7, 11) is 2.78. The first kappa shape index (κ1) is 13.7. The Morgan fingerprint density at radius 1 is 1.40 bits per heavy atom. The van der Waals surface area contributed by atoms with E-state index in [9.17, 15) is 9.59 Å². The molecule has 2 aromatic rings. The molecule has 7 nitrogen and oxygen atoms in total. The van der Waals surface area contributed by atoms with Gasteiger partial charge in [-0.25, -0.2) is 14.8 Å². The van der Waals surface area contributed by atoms with Crippen molar-refractivity contribution >= 4 is 12.3 Å². The molecule has 2 heterocycles. The highest BCUT2D eigenvalue weighted by Crippen LogP contribution is 2.18. The van der Waals surface area contributed by atoms with E-state index in [0.29, 0.717) is 35.5 Å². The predicted octanol–water partition coefficient (Wildman–Crippen LogP) is 0.934. The van der Waals surface area contributed by atoms with Crippen LogP contribution < -0.4 is 4.74 Å². The van der Waals surface area contributed by atoms with E-state index in [1.54, 1.807) is 10.6 Å². The number of carbonyl (C=O) groups excluding carboxylic acids is 2. The molecule has 0 aromatic carbocycles. The van der Waals surface area contributed by atoms with Gasteiger partial charge in [0, 0.05) is 11.8 Å². The van der Waals surface area contributed by atoms with Crippen LogP contribution in [0.4, 0.5) is 0 Å². The van der Waals surface area contributed by atoms with Crippen LogP contribution in [0.1, 0.15) is 26.4 Å². The number of methoxy groups -OCH3 is 2. The van der Waals surface area contributed by atoms with Crippen molar-refractivity contribution in [3.63, 3.8) is 0 Å². The third-order valence-electron chi connectivity index (χ3n) is 2.75. The number of aldehydes is 1. The Labute approximate surface area is 115 Å². The molecule has 0 fully saturated rings. The first-order chi connectivity index (χ1) is 9.69. The van der Waals surface area contributed by atoms with Gasteiger partial charge < -0.3 is 14.0 Å². The molecule has 0 atom stereocenters. The largest absolute Gasteiger partial charge is 0.481 e. The molecule has 0 unspecified atom stereocenters. The number of nitrogens with zero attached hydrogens (tertiary/aromatic N) is 3. The fourth-order valence-corrected chi connectivity index (χ4v) is 1.77. The molecule has 7 heteroatoms. The molecule has 0 amide bonds. The topological polar surface area (TPSA) is 83.3 Å². The average Bonchev–Trinajstić information content (AvgIpc) is 2.93. The highest BCUT2D eigenvalue weighted by Gasteiger charge is 2.13. The van der Waals surface area contributed by atoms with Crippen molar-refractivity contribution in [1.82, 2.24) is 14.5 Å². The fraction of sp³-hybridized carbons (Fsp3) is 0.231. The van der Waals surface area contributed by atoms with Crippen LogP contribution in [0.3, 0.4) is 0 Å². The van der Waals surface area contributed by atoms with Crippen molar-refractivity contribution in [2.45, 2.75) is 6.54 Å². The van der Waals surface area contributed by atoms with E-state index in [2.05, 4.69) is 14.7 Å². The molecule has 0 saturated heterocycles. The summed E-state index contributed by atoms with van der Waals surface area (Å²) in [4.78, 5) is 30.3. The van der Waals surface area contributed by atoms with Gasteiger partial charge in [0.1, 0.15) is 5.69 Å². The summed E-state index contributed by atoms with van der Waals surface area (Å²) in [6.45, 7) is 0.315. The zero-order chi connectivity index (χ0) is 14.5. The summed E-state index contributed by atoms with van der Waals surface area (Å²) < 4.78 is 11.4. The van der Waals surface area contributed by atoms with Crippen LogP contribution in [0.5, 0.6) is 5.88 Å². The maximum absolute atomic E-state index is 11.5. The number of rotatable bonds is 5. The Hall–Kier alpha value is -2.70. The lowest BCUT2D eigenvalue weighted by Gasteiger charge is -2.10. The van der Waals surface area contributed by atoms with Gasteiger partial charge in [-0.3, -0.25) is 4.79 Å². The standard InChI is InChI=1S/C13H13N3O4/c1-19-12-10(3-9(4-15-12)13(18)20-2)6-16-8-14-5-11(16)7-17/h3-5,7-8H,6H2,1-2H3. The van der Waals surface area contributed by atoms with E-state index in [-0.39, 0.29) is 0 Å². The molecule has 0 saturated carbocycles. The smallest absolute Gasteiger partial charge is 0.339 e. The fourth-order valence-electron chi connectivity index (χ4n) is 1.77. The minimum absolute atomic E-state index is 0.315. The van der Waals surface area contributed by atoms with Crippen LogP contribution in [0.25, 0.3) is 0 Å². The zero-order valence-corrected chi connectivity index (χ0v) is 11.1. The van der Waals surface area contributed by atoms with Gasteiger partial charge in [-0.1, -0.05) is 0 Å². The Balaban J connectivity index is 2.38. The average molecular weight is 275 g/mol. The zero-order valence-electron chi connectivity index (χ0n) is 11.1. The minimum Gasteiger partial charge on any atom is -0.481 e. The maximum Gasteiger partial charge on any atom is 0.339 e. The van der Waals surface area contributed by atoms with E-state index in [0.717, 1.165) is 0 Å². The van der Waals surface area contributed by atoms with Crippen molar-refractivity contribution in [3.8, 4) is 5.88 Å². The summed E-state index contributed by atoms with van der Waals surface area (Å²) in [6.07, 6.45) is 5.06. The maximum atomic E-state index is 11.5. The molecule has 104 valence electrons. The van der Waals surface area contributed by atoms with Crippen molar-refractivity contribution in [1.29, 1.82) is 0 Å². The van der Waals surface area contributed by atoms with Gasteiger partial charge in [-0.15, -0.1) is 0 Å². The van der Waals surface area contributed by atoms with Crippen molar-refractivity contribution in [2.75, 3.05) is 14.2 Å². The van der Waals surface area contributed by atoms with Gasteiger partial charge in [0.05, 0.1) is 38.9 Å². The third kappa shape index (κ3) is 2.66. The normalized spacial score (nSPS) is 10.1. The number of aromatic nitrogens is 3. The molecule has 0 radical (unpaired) electrons. The number of esters is 1. The minimum atomic E-state index is -0.484. The molecule has 20 heavy (non-hydrogen) atoms. The predicted molar refractivity (Wildman–Crippen MR) is 68.8 cm³/mol. The highest BCUT2D eigenvalue weighted by atomic mass is 16.5. The number of hydrogen-bond acceptors (Lipinski definition) is 6. The highest BCUT2D eigenvalue weighted by molar-refractivity contribution is 5.89. The summed E-state index contributed by atoms with van der Waals surface area (Å²) in [6, 6.07) is 1.62. The number of ether oxygens (including phenoxy) is 2. The van der Waals surface area contributed by atoms with Crippen molar-refractivity contribution < 1.29 is 19.1 Å². The summed E-state index contributed by atoms with van der Waals surface area (Å²) in [5.74, 6) is -0.106. The van der Waals surface area contributed by atoms with Gasteiger partial charge >= 0.3 is 5.97 Å². The SMILES string of the molecule is COC(=O)c1cnc(OC)c(Cn2cncc2C=O)c1. The van der Waals surface area contributed by atoms with E-state index >= 15 is 0 Å². The first-order valence-corrected chi connectivity index (χ1v) is 5.76. The van der Waals surface area contributed by atoms with Crippen molar-refractivity contribution in [3.05, 3.63) is 41.6 Å². The lowest BCUT2D eigenvalue weighted by molar-refractivity contribution is 0.0600. The van der Waals surface area contributed by atoms with Crippen LogP contribution in [0, 0.1) is 0 Å². The summed E-state index contributed by atoms with van der Waals surface area (Å²) in [5, 5.41) is 0. The summed E-state index contributed by atoms with van der Waals surface area (Å²) in [5.41, 5.74) is 1.39. The van der Waals surface area contributed by atoms with Crippen LogP contribution in [-0.2, 0) is 11.3 Å². The lowest BCUT2D eigenvalue weighted by atomic mass is 10.2. The Bertz CT molecular complexity index is 636.